The molecule has 0 bridgehead atoms. The van der Waals surface area contributed by atoms with Crippen LogP contribution in [0, 0.1) is 0 Å². The maximum atomic E-state index is 12.1. The zero-order chi connectivity index (χ0) is 13.7. The summed E-state index contributed by atoms with van der Waals surface area (Å²) in [5, 5.41) is 0. The topological polar surface area (TPSA) is 68.7 Å². The second kappa shape index (κ2) is 6.29. The number of methoxy groups -OCH3 is 1. The first-order valence-electron chi connectivity index (χ1n) is 6.07. The Morgan fingerprint density at radius 1 is 1.58 bits per heavy atom. The summed E-state index contributed by atoms with van der Waals surface area (Å²) in [7, 11) is 1.31. The van der Waals surface area contributed by atoms with E-state index >= 15 is 0 Å². The molecule has 1 aromatic rings. The molecule has 2 rings (SSSR count). The number of ether oxygens (including phenoxy) is 2. The van der Waals surface area contributed by atoms with Crippen molar-refractivity contribution in [1.82, 2.24) is 9.88 Å². The van der Waals surface area contributed by atoms with E-state index in [1.54, 1.807) is 23.4 Å². The Morgan fingerprint density at radius 2 is 2.42 bits per heavy atom. The highest BCUT2D eigenvalue weighted by molar-refractivity contribution is 5.81. The van der Waals surface area contributed by atoms with Crippen LogP contribution in [-0.2, 0) is 25.5 Å². The highest BCUT2D eigenvalue weighted by atomic mass is 16.6. The molecule has 1 aliphatic rings. The summed E-state index contributed by atoms with van der Waals surface area (Å²) in [6.07, 6.45) is 2.92. The minimum atomic E-state index is -0.684. The van der Waals surface area contributed by atoms with Crippen LogP contribution in [0.2, 0.25) is 0 Å². The van der Waals surface area contributed by atoms with E-state index in [9.17, 15) is 9.59 Å². The van der Waals surface area contributed by atoms with Crippen LogP contribution < -0.4 is 0 Å². The second-order valence-corrected chi connectivity index (χ2v) is 4.26. The van der Waals surface area contributed by atoms with E-state index in [2.05, 4.69) is 9.72 Å². The molecule has 1 unspecified atom stereocenters. The summed E-state index contributed by atoms with van der Waals surface area (Å²) in [5.41, 5.74) is 0.855. The van der Waals surface area contributed by atoms with Gasteiger partial charge in [0.15, 0.2) is 6.10 Å². The number of morpholine rings is 1. The SMILES string of the molecule is COC(=O)C1CN(C(=O)Cc2cccnc2)CCO1. The summed E-state index contributed by atoms with van der Waals surface area (Å²) < 4.78 is 9.90. The molecule has 1 fully saturated rings. The first kappa shape index (κ1) is 13.5. The third kappa shape index (κ3) is 3.51. The number of pyridine rings is 1. The third-order valence-electron chi connectivity index (χ3n) is 2.96. The molecule has 1 aliphatic heterocycles. The molecule has 102 valence electrons. The Bertz CT molecular complexity index is 449. The molecule has 2 heterocycles. The zero-order valence-corrected chi connectivity index (χ0v) is 10.7. The summed E-state index contributed by atoms with van der Waals surface area (Å²) in [6.45, 7) is 1.08. The summed E-state index contributed by atoms with van der Waals surface area (Å²) >= 11 is 0. The fourth-order valence-electron chi connectivity index (χ4n) is 1.94. The molecule has 1 atom stereocenters. The van der Waals surface area contributed by atoms with Crippen molar-refractivity contribution >= 4 is 11.9 Å². The van der Waals surface area contributed by atoms with E-state index in [4.69, 9.17) is 4.74 Å². The van der Waals surface area contributed by atoms with Crippen LogP contribution in [0.1, 0.15) is 5.56 Å². The van der Waals surface area contributed by atoms with Crippen LogP contribution in [0.4, 0.5) is 0 Å². The van der Waals surface area contributed by atoms with Gasteiger partial charge in [-0.1, -0.05) is 6.07 Å². The molecule has 19 heavy (non-hydrogen) atoms. The van der Waals surface area contributed by atoms with Crippen molar-refractivity contribution in [2.45, 2.75) is 12.5 Å². The molecule has 6 nitrogen and oxygen atoms in total. The Morgan fingerprint density at radius 3 is 3.11 bits per heavy atom. The Hall–Kier alpha value is -1.95. The number of hydrogen-bond acceptors (Lipinski definition) is 5. The minimum Gasteiger partial charge on any atom is -0.467 e. The van der Waals surface area contributed by atoms with E-state index in [-0.39, 0.29) is 18.9 Å². The van der Waals surface area contributed by atoms with Gasteiger partial charge in [-0.25, -0.2) is 4.79 Å². The van der Waals surface area contributed by atoms with Crippen molar-refractivity contribution in [3.63, 3.8) is 0 Å². The van der Waals surface area contributed by atoms with Gasteiger partial charge < -0.3 is 14.4 Å². The molecule has 0 spiro atoms. The lowest BCUT2D eigenvalue weighted by Crippen LogP contribution is -2.49. The van der Waals surface area contributed by atoms with Crippen molar-refractivity contribution in [3.8, 4) is 0 Å². The maximum Gasteiger partial charge on any atom is 0.336 e. The smallest absolute Gasteiger partial charge is 0.336 e. The van der Waals surface area contributed by atoms with Crippen LogP contribution in [0.5, 0.6) is 0 Å². The Kier molecular flexibility index (Phi) is 4.46. The molecule has 0 N–H and O–H groups in total. The molecule has 0 aliphatic carbocycles. The number of carbonyl (C=O) groups excluding carboxylic acids is 2. The highest BCUT2D eigenvalue weighted by Gasteiger charge is 2.29. The van der Waals surface area contributed by atoms with Gasteiger partial charge in [-0.15, -0.1) is 0 Å². The van der Waals surface area contributed by atoms with Crippen LogP contribution >= 0.6 is 0 Å². The van der Waals surface area contributed by atoms with E-state index in [0.29, 0.717) is 13.2 Å². The average molecular weight is 264 g/mol. The van der Waals surface area contributed by atoms with Gasteiger partial charge in [0.2, 0.25) is 5.91 Å². The minimum absolute atomic E-state index is 0.0368. The summed E-state index contributed by atoms with van der Waals surface area (Å²) in [5.74, 6) is -0.482. The first-order chi connectivity index (χ1) is 9.20. The number of carbonyl (C=O) groups is 2. The Balaban J connectivity index is 1.94. The van der Waals surface area contributed by atoms with Crippen molar-refractivity contribution in [1.29, 1.82) is 0 Å². The summed E-state index contributed by atoms with van der Waals surface area (Å²) in [4.78, 5) is 29.1. The quantitative estimate of drug-likeness (QED) is 0.720. The van der Waals surface area contributed by atoms with Gasteiger partial charge >= 0.3 is 5.97 Å². The van der Waals surface area contributed by atoms with Crippen molar-refractivity contribution in [2.24, 2.45) is 0 Å². The number of esters is 1. The van der Waals surface area contributed by atoms with Crippen LogP contribution in [0.25, 0.3) is 0 Å². The molecule has 0 aromatic carbocycles. The van der Waals surface area contributed by atoms with E-state index in [1.807, 2.05) is 6.07 Å². The van der Waals surface area contributed by atoms with E-state index in [1.165, 1.54) is 7.11 Å². The van der Waals surface area contributed by atoms with Gasteiger partial charge in [-0.3, -0.25) is 9.78 Å². The monoisotopic (exact) mass is 264 g/mol. The fraction of sp³-hybridized carbons (Fsp3) is 0.462. The van der Waals surface area contributed by atoms with Gasteiger partial charge in [0.05, 0.1) is 26.7 Å². The van der Waals surface area contributed by atoms with Crippen molar-refractivity contribution in [3.05, 3.63) is 30.1 Å². The zero-order valence-electron chi connectivity index (χ0n) is 10.7. The van der Waals surface area contributed by atoms with Gasteiger partial charge in [-0.05, 0) is 11.6 Å². The van der Waals surface area contributed by atoms with Crippen LogP contribution in [0.3, 0.4) is 0 Å². The van der Waals surface area contributed by atoms with Gasteiger partial charge in [0, 0.05) is 18.9 Å². The third-order valence-corrected chi connectivity index (χ3v) is 2.96. The predicted octanol–water partition coefficient (Wildman–Crippen LogP) is 0.0245. The molecule has 0 radical (unpaired) electrons. The van der Waals surface area contributed by atoms with Crippen LogP contribution in [-0.4, -0.2) is 54.7 Å². The molecule has 6 heteroatoms. The van der Waals surface area contributed by atoms with E-state index < -0.39 is 12.1 Å². The predicted molar refractivity (Wildman–Crippen MR) is 66.3 cm³/mol. The normalized spacial score (nSPS) is 19.0. The lowest BCUT2D eigenvalue weighted by Gasteiger charge is -2.31. The molecular formula is C13H16N2O4. The number of amides is 1. The van der Waals surface area contributed by atoms with Crippen molar-refractivity contribution in [2.75, 3.05) is 26.8 Å². The molecule has 1 aromatic heterocycles. The largest absolute Gasteiger partial charge is 0.467 e. The number of aromatic nitrogens is 1. The lowest BCUT2D eigenvalue weighted by molar-refractivity contribution is -0.162. The standard InChI is InChI=1S/C13H16N2O4/c1-18-13(17)11-9-15(5-6-19-11)12(16)7-10-3-2-4-14-8-10/h2-4,8,11H,5-7,9H2,1H3. The average Bonchev–Trinajstić information content (AvgIpc) is 2.47. The van der Waals surface area contributed by atoms with E-state index in [0.717, 1.165) is 5.56 Å². The fourth-order valence-corrected chi connectivity index (χ4v) is 1.94. The van der Waals surface area contributed by atoms with Crippen LogP contribution in [0.15, 0.2) is 24.5 Å². The molecule has 1 amide bonds. The second-order valence-electron chi connectivity index (χ2n) is 4.26. The molecule has 1 saturated heterocycles. The number of rotatable bonds is 3. The molecular weight excluding hydrogens is 248 g/mol. The lowest BCUT2D eigenvalue weighted by atomic mass is 10.1. The highest BCUT2D eigenvalue weighted by Crippen LogP contribution is 2.09. The first-order valence-corrected chi connectivity index (χ1v) is 6.07. The maximum absolute atomic E-state index is 12.1. The van der Waals surface area contributed by atoms with Gasteiger partial charge in [-0.2, -0.15) is 0 Å². The van der Waals surface area contributed by atoms with Gasteiger partial charge in [0.1, 0.15) is 0 Å². The number of hydrogen-bond donors (Lipinski definition) is 0. The summed E-state index contributed by atoms with van der Waals surface area (Å²) in [6, 6.07) is 3.64. The molecule has 0 saturated carbocycles. The number of nitrogens with zero attached hydrogens (tertiary/aromatic N) is 2. The Labute approximate surface area is 111 Å². The van der Waals surface area contributed by atoms with Crippen molar-refractivity contribution < 1.29 is 19.1 Å². The van der Waals surface area contributed by atoms with Gasteiger partial charge in [0.25, 0.3) is 0 Å².